The van der Waals surface area contributed by atoms with Crippen LogP contribution in [0, 0.1) is 25.7 Å². The third-order valence-corrected chi connectivity index (χ3v) is 7.32. The van der Waals surface area contributed by atoms with Gasteiger partial charge >= 0.3 is 5.97 Å². The topological polar surface area (TPSA) is 92.9 Å². The lowest BCUT2D eigenvalue weighted by molar-refractivity contribution is -0.156. The summed E-state index contributed by atoms with van der Waals surface area (Å²) in [6.07, 6.45) is 2.91. The van der Waals surface area contributed by atoms with Crippen LogP contribution in [0.25, 0.3) is 11.5 Å². The summed E-state index contributed by atoms with van der Waals surface area (Å²) in [6, 6.07) is 16.7. The number of carboxylic acids is 1. The number of carbonyl (C=O) groups is 2. The van der Waals surface area contributed by atoms with E-state index in [-0.39, 0.29) is 30.4 Å². The number of rotatable bonds is 10. The van der Waals surface area contributed by atoms with Gasteiger partial charge in [-0.2, -0.15) is 0 Å². The average Bonchev–Trinajstić information content (AvgIpc) is 3.27. The van der Waals surface area contributed by atoms with Crippen LogP contribution in [0.3, 0.4) is 0 Å². The second-order valence-electron chi connectivity index (χ2n) is 10.7. The van der Waals surface area contributed by atoms with Gasteiger partial charge in [0, 0.05) is 18.0 Å². The Labute approximate surface area is 224 Å². The highest BCUT2D eigenvalue weighted by atomic mass is 16.5. The number of nitrogens with zero attached hydrogens (tertiary/aromatic N) is 2. The molecular formula is C31H38N2O5. The Morgan fingerprint density at radius 2 is 1.79 bits per heavy atom. The standard InChI is InChI=1S/C31H38N2O5/c1-20(2)28(31(35)36)33(18-23-9-6-5-7-10-23)30(34)25-11-8-12-26(17-25)37-19-27-22(4)38-29(32-27)24-15-13-21(3)14-16-24/h5-7,9-10,13-16,20,25-26,28H,8,11-12,17-19H2,1-4H3,(H,35,36)/t25?,26?,28-/m1/s1. The van der Waals surface area contributed by atoms with Crippen molar-refractivity contribution in [3.63, 3.8) is 0 Å². The predicted molar refractivity (Wildman–Crippen MR) is 145 cm³/mol. The first-order valence-electron chi connectivity index (χ1n) is 13.4. The average molecular weight is 519 g/mol. The summed E-state index contributed by atoms with van der Waals surface area (Å²) in [5, 5.41) is 9.99. The SMILES string of the molecule is Cc1ccc(-c2nc(COC3CCCC(C(=O)N(Cc4ccccc4)[C@@H](C(=O)O)C(C)C)C3)c(C)o2)cc1. The molecule has 0 spiro atoms. The molecule has 1 heterocycles. The van der Waals surface area contributed by atoms with E-state index in [9.17, 15) is 14.7 Å². The minimum Gasteiger partial charge on any atom is -0.480 e. The van der Waals surface area contributed by atoms with Gasteiger partial charge in [0.25, 0.3) is 0 Å². The van der Waals surface area contributed by atoms with E-state index in [1.807, 2.05) is 82.3 Å². The van der Waals surface area contributed by atoms with Crippen molar-refractivity contribution in [2.45, 2.75) is 78.7 Å². The monoisotopic (exact) mass is 518 g/mol. The van der Waals surface area contributed by atoms with Crippen molar-refractivity contribution < 1.29 is 23.8 Å². The Kier molecular flexibility index (Phi) is 9.00. The summed E-state index contributed by atoms with van der Waals surface area (Å²) in [7, 11) is 0. The number of aryl methyl sites for hydroxylation is 2. The van der Waals surface area contributed by atoms with Crippen LogP contribution in [-0.4, -0.2) is 39.0 Å². The highest BCUT2D eigenvalue weighted by Crippen LogP contribution is 2.31. The largest absolute Gasteiger partial charge is 0.480 e. The van der Waals surface area contributed by atoms with E-state index in [0.717, 1.165) is 41.8 Å². The maximum atomic E-state index is 13.8. The van der Waals surface area contributed by atoms with Gasteiger partial charge in [-0.3, -0.25) is 4.79 Å². The fraction of sp³-hybridized carbons (Fsp3) is 0.452. The van der Waals surface area contributed by atoms with Crippen LogP contribution >= 0.6 is 0 Å². The zero-order valence-electron chi connectivity index (χ0n) is 22.7. The molecule has 4 rings (SSSR count). The molecule has 0 radical (unpaired) electrons. The van der Waals surface area contributed by atoms with E-state index in [1.54, 1.807) is 4.90 Å². The number of oxazole rings is 1. The highest BCUT2D eigenvalue weighted by Gasteiger charge is 2.38. The van der Waals surface area contributed by atoms with Crippen LogP contribution < -0.4 is 0 Å². The molecule has 1 saturated carbocycles. The minimum absolute atomic E-state index is 0.0995. The molecule has 0 saturated heterocycles. The second kappa shape index (κ2) is 12.4. The van der Waals surface area contributed by atoms with Crippen molar-refractivity contribution in [1.82, 2.24) is 9.88 Å². The molecular weight excluding hydrogens is 480 g/mol. The lowest BCUT2D eigenvalue weighted by Gasteiger charge is -2.37. The molecule has 7 heteroatoms. The summed E-state index contributed by atoms with van der Waals surface area (Å²) in [4.78, 5) is 32.2. The minimum atomic E-state index is -0.973. The molecule has 0 aliphatic heterocycles. The molecule has 1 N–H and O–H groups in total. The van der Waals surface area contributed by atoms with Crippen LogP contribution in [0.5, 0.6) is 0 Å². The third kappa shape index (κ3) is 6.70. The first-order valence-corrected chi connectivity index (χ1v) is 13.4. The predicted octanol–water partition coefficient (Wildman–Crippen LogP) is 6.17. The smallest absolute Gasteiger partial charge is 0.326 e. The molecule has 3 aromatic rings. The molecule has 202 valence electrons. The zero-order valence-corrected chi connectivity index (χ0v) is 22.7. The summed E-state index contributed by atoms with van der Waals surface area (Å²) in [5.74, 6) is -0.281. The summed E-state index contributed by atoms with van der Waals surface area (Å²) < 4.78 is 12.1. The Hall–Kier alpha value is -3.45. The number of carbonyl (C=O) groups excluding carboxylic acids is 1. The van der Waals surface area contributed by atoms with Crippen molar-refractivity contribution >= 4 is 11.9 Å². The highest BCUT2D eigenvalue weighted by molar-refractivity contribution is 5.85. The molecule has 1 aliphatic rings. The third-order valence-electron chi connectivity index (χ3n) is 7.32. The lowest BCUT2D eigenvalue weighted by atomic mass is 9.85. The second-order valence-corrected chi connectivity index (χ2v) is 10.7. The van der Waals surface area contributed by atoms with Gasteiger partial charge in [-0.05, 0) is 56.7 Å². The number of aromatic nitrogens is 1. The molecule has 1 amide bonds. The van der Waals surface area contributed by atoms with Gasteiger partial charge in [0.15, 0.2) is 0 Å². The summed E-state index contributed by atoms with van der Waals surface area (Å²) in [5.41, 5.74) is 3.77. The molecule has 38 heavy (non-hydrogen) atoms. The Morgan fingerprint density at radius 3 is 2.45 bits per heavy atom. The molecule has 3 atom stereocenters. The van der Waals surface area contributed by atoms with E-state index >= 15 is 0 Å². The molecule has 1 aromatic heterocycles. The summed E-state index contributed by atoms with van der Waals surface area (Å²) >= 11 is 0. The Bertz CT molecular complexity index is 1220. The number of benzene rings is 2. The van der Waals surface area contributed by atoms with Gasteiger partial charge in [0.05, 0.1) is 12.7 Å². The van der Waals surface area contributed by atoms with E-state index in [0.29, 0.717) is 18.9 Å². The van der Waals surface area contributed by atoms with Crippen LogP contribution in [0.1, 0.15) is 62.1 Å². The maximum absolute atomic E-state index is 13.8. The maximum Gasteiger partial charge on any atom is 0.326 e. The number of hydrogen-bond acceptors (Lipinski definition) is 5. The first-order chi connectivity index (χ1) is 18.2. The van der Waals surface area contributed by atoms with Crippen LogP contribution in [0.2, 0.25) is 0 Å². The van der Waals surface area contributed by atoms with Gasteiger partial charge in [-0.25, -0.2) is 9.78 Å². The molecule has 0 bridgehead atoms. The van der Waals surface area contributed by atoms with Gasteiger partial charge in [-0.15, -0.1) is 0 Å². The fourth-order valence-corrected chi connectivity index (χ4v) is 5.21. The lowest BCUT2D eigenvalue weighted by Crippen LogP contribution is -2.50. The van der Waals surface area contributed by atoms with Crippen LogP contribution in [0.4, 0.5) is 0 Å². The zero-order chi connectivity index (χ0) is 27.2. The molecule has 2 aromatic carbocycles. The van der Waals surface area contributed by atoms with Crippen molar-refractivity contribution in [1.29, 1.82) is 0 Å². The van der Waals surface area contributed by atoms with Gasteiger partial charge in [0.2, 0.25) is 11.8 Å². The van der Waals surface area contributed by atoms with Crippen molar-refractivity contribution in [2.24, 2.45) is 11.8 Å². The molecule has 7 nitrogen and oxygen atoms in total. The first kappa shape index (κ1) is 27.6. The van der Waals surface area contributed by atoms with Crippen molar-refractivity contribution in [2.75, 3.05) is 0 Å². The van der Waals surface area contributed by atoms with Crippen LogP contribution in [-0.2, 0) is 27.5 Å². The molecule has 2 unspecified atom stereocenters. The molecule has 1 fully saturated rings. The van der Waals surface area contributed by atoms with E-state index < -0.39 is 12.0 Å². The van der Waals surface area contributed by atoms with Crippen molar-refractivity contribution in [3.8, 4) is 11.5 Å². The normalized spacial score (nSPS) is 18.3. The number of carboxylic acid groups (broad SMARTS) is 1. The molecule has 1 aliphatic carbocycles. The number of aliphatic carboxylic acids is 1. The van der Waals surface area contributed by atoms with Gasteiger partial charge < -0.3 is 19.2 Å². The van der Waals surface area contributed by atoms with Gasteiger partial charge in [-0.1, -0.05) is 68.3 Å². The van der Waals surface area contributed by atoms with E-state index in [2.05, 4.69) is 4.98 Å². The van der Waals surface area contributed by atoms with Crippen molar-refractivity contribution in [3.05, 3.63) is 77.2 Å². The number of ether oxygens (including phenoxy) is 1. The van der Waals surface area contributed by atoms with E-state index in [1.165, 1.54) is 5.56 Å². The van der Waals surface area contributed by atoms with Crippen LogP contribution in [0.15, 0.2) is 59.0 Å². The number of amides is 1. The Balaban J connectivity index is 1.44. The fourth-order valence-electron chi connectivity index (χ4n) is 5.21. The Morgan fingerprint density at radius 1 is 1.08 bits per heavy atom. The van der Waals surface area contributed by atoms with Gasteiger partial charge in [0.1, 0.15) is 17.5 Å². The quantitative estimate of drug-likeness (QED) is 0.345. The van der Waals surface area contributed by atoms with E-state index in [4.69, 9.17) is 9.15 Å². The summed E-state index contributed by atoms with van der Waals surface area (Å²) in [6.45, 7) is 8.21. The number of hydrogen-bond donors (Lipinski definition) is 1.